The van der Waals surface area contributed by atoms with Gasteiger partial charge in [0.2, 0.25) is 5.91 Å². The lowest BCUT2D eigenvalue weighted by molar-refractivity contribution is -0.171. The molecule has 122 valence electrons. The van der Waals surface area contributed by atoms with Crippen LogP contribution in [0.4, 0.5) is 0 Å². The van der Waals surface area contributed by atoms with Gasteiger partial charge in [0.25, 0.3) is 5.91 Å². The van der Waals surface area contributed by atoms with Crippen LogP contribution in [0.1, 0.15) is 45.4 Å². The first-order valence-corrected chi connectivity index (χ1v) is 8.10. The maximum atomic E-state index is 12.5. The molecule has 2 N–H and O–H groups in total. The van der Waals surface area contributed by atoms with Gasteiger partial charge in [0, 0.05) is 11.8 Å². The average molecular weight is 329 g/mol. The third-order valence-corrected chi connectivity index (χ3v) is 5.58. The first kappa shape index (κ1) is 15.6. The molecule has 6 nitrogen and oxygen atoms in total. The highest BCUT2D eigenvalue weighted by molar-refractivity contribution is 6.24. The zero-order valence-corrected chi connectivity index (χ0v) is 13.4. The highest BCUT2D eigenvalue weighted by Gasteiger charge is 2.60. The molecule has 22 heavy (non-hydrogen) atoms. The average Bonchev–Trinajstić information content (AvgIpc) is 2.39. The minimum Gasteiger partial charge on any atom is -0.455 e. The summed E-state index contributed by atoms with van der Waals surface area (Å²) in [6.45, 7) is 0.896. The molecular weight excluding hydrogens is 308 g/mol. The fourth-order valence-electron chi connectivity index (χ4n) is 4.87. The molecule has 7 heteroatoms. The lowest BCUT2D eigenvalue weighted by Gasteiger charge is -2.58. The van der Waals surface area contributed by atoms with E-state index in [1.807, 2.05) is 0 Å². The lowest BCUT2D eigenvalue weighted by atomic mass is 9.49. The number of rotatable bonds is 3. The van der Waals surface area contributed by atoms with Crippen molar-refractivity contribution in [3.63, 3.8) is 0 Å². The molecule has 4 fully saturated rings. The van der Waals surface area contributed by atoms with Crippen molar-refractivity contribution < 1.29 is 19.1 Å². The number of hydrazine groups is 1. The van der Waals surface area contributed by atoms with Crippen molar-refractivity contribution in [1.29, 1.82) is 0 Å². The summed E-state index contributed by atoms with van der Waals surface area (Å²) in [6, 6.07) is 0. The van der Waals surface area contributed by atoms with Gasteiger partial charge >= 0.3 is 5.97 Å². The van der Waals surface area contributed by atoms with E-state index in [1.165, 1.54) is 6.92 Å². The van der Waals surface area contributed by atoms with E-state index in [9.17, 15) is 14.4 Å². The molecule has 0 aliphatic heterocycles. The third-order valence-electron chi connectivity index (χ3n) is 5.14. The van der Waals surface area contributed by atoms with Gasteiger partial charge in [-0.05, 0) is 50.4 Å². The summed E-state index contributed by atoms with van der Waals surface area (Å²) in [6.07, 6.45) is 5.44. The number of halogens is 1. The van der Waals surface area contributed by atoms with Crippen molar-refractivity contribution in [2.45, 2.75) is 50.3 Å². The smallest absolute Gasteiger partial charge is 0.312 e. The number of hydrogen-bond acceptors (Lipinski definition) is 4. The Kier molecular flexibility index (Phi) is 3.83. The van der Waals surface area contributed by atoms with E-state index in [4.69, 9.17) is 16.3 Å². The van der Waals surface area contributed by atoms with Crippen molar-refractivity contribution >= 4 is 29.4 Å². The van der Waals surface area contributed by atoms with Gasteiger partial charge in [-0.25, -0.2) is 0 Å². The molecule has 0 spiro atoms. The van der Waals surface area contributed by atoms with E-state index in [2.05, 4.69) is 10.9 Å². The second kappa shape index (κ2) is 5.41. The maximum absolute atomic E-state index is 12.5. The first-order chi connectivity index (χ1) is 10.3. The molecule has 0 aromatic carbocycles. The Labute approximate surface area is 134 Å². The lowest BCUT2D eigenvalue weighted by Crippen LogP contribution is -2.56. The number of hydrogen-bond donors (Lipinski definition) is 2. The number of ether oxygens (including phenoxy) is 1. The highest BCUT2D eigenvalue weighted by atomic mass is 35.5. The molecular formula is C15H21ClN2O4. The van der Waals surface area contributed by atoms with Gasteiger partial charge in [-0.15, -0.1) is 11.6 Å². The van der Waals surface area contributed by atoms with Crippen LogP contribution in [0.3, 0.4) is 0 Å². The van der Waals surface area contributed by atoms with E-state index in [0.717, 1.165) is 32.1 Å². The second-order valence-electron chi connectivity index (χ2n) is 7.20. The van der Waals surface area contributed by atoms with Gasteiger partial charge in [0.05, 0.1) is 5.41 Å². The summed E-state index contributed by atoms with van der Waals surface area (Å²) < 4.78 is 5.21. The van der Waals surface area contributed by atoms with E-state index in [0.29, 0.717) is 18.3 Å². The number of carbonyl (C=O) groups is 3. The van der Waals surface area contributed by atoms with Gasteiger partial charge in [0.1, 0.15) is 0 Å². The molecule has 4 rings (SSSR count). The Balaban J connectivity index is 1.58. The van der Waals surface area contributed by atoms with E-state index >= 15 is 0 Å². The zero-order chi connectivity index (χ0) is 16.0. The molecule has 0 unspecified atom stereocenters. The molecule has 4 bridgehead atoms. The van der Waals surface area contributed by atoms with E-state index < -0.39 is 11.3 Å². The highest BCUT2D eigenvalue weighted by Crippen LogP contribution is 2.64. The third kappa shape index (κ3) is 2.93. The molecule has 0 heterocycles. The van der Waals surface area contributed by atoms with Crippen LogP contribution in [-0.4, -0.2) is 29.3 Å². The van der Waals surface area contributed by atoms with Crippen LogP contribution in [0, 0.1) is 17.3 Å². The summed E-state index contributed by atoms with van der Waals surface area (Å²) >= 11 is 6.68. The minimum absolute atomic E-state index is 0.262. The topological polar surface area (TPSA) is 84.5 Å². The van der Waals surface area contributed by atoms with Gasteiger partial charge in [-0.2, -0.15) is 0 Å². The standard InChI is InChI=1S/C15H21ClN2O4/c1-9(19)17-18-12(20)7-22-13(21)14-3-10-2-11(4-14)6-15(16,5-10)8-14/h10-11H,2-8H2,1H3,(H,17,19)(H,18,20)/t10-,11-,14?,15?/m0/s1. The van der Waals surface area contributed by atoms with Crippen LogP contribution in [0.5, 0.6) is 0 Å². The fourth-order valence-corrected chi connectivity index (χ4v) is 5.56. The number of amides is 2. The largest absolute Gasteiger partial charge is 0.455 e. The van der Waals surface area contributed by atoms with Crippen LogP contribution >= 0.6 is 11.6 Å². The van der Waals surface area contributed by atoms with Crippen molar-refractivity contribution in [1.82, 2.24) is 10.9 Å². The molecule has 4 aliphatic rings. The second-order valence-corrected chi connectivity index (χ2v) is 8.00. The molecule has 0 saturated heterocycles. The number of carbonyl (C=O) groups excluding carboxylic acids is 3. The maximum Gasteiger partial charge on any atom is 0.312 e. The van der Waals surface area contributed by atoms with Crippen molar-refractivity contribution in [2.75, 3.05) is 6.61 Å². The molecule has 4 aliphatic carbocycles. The van der Waals surface area contributed by atoms with Gasteiger partial charge in [-0.1, -0.05) is 0 Å². The van der Waals surface area contributed by atoms with Crippen molar-refractivity contribution in [2.24, 2.45) is 17.3 Å². The van der Waals surface area contributed by atoms with Crippen molar-refractivity contribution in [3.05, 3.63) is 0 Å². The van der Waals surface area contributed by atoms with Crippen LogP contribution in [0.25, 0.3) is 0 Å². The summed E-state index contributed by atoms with van der Waals surface area (Å²) in [5.74, 6) is -0.248. The Hall–Kier alpha value is -1.30. The van der Waals surface area contributed by atoms with Crippen LogP contribution in [0.15, 0.2) is 0 Å². The molecule has 0 radical (unpaired) electrons. The molecule has 2 atom stereocenters. The van der Waals surface area contributed by atoms with E-state index in [-0.39, 0.29) is 23.4 Å². The van der Waals surface area contributed by atoms with Crippen molar-refractivity contribution in [3.8, 4) is 0 Å². The molecule has 2 amide bonds. The summed E-state index contributed by atoms with van der Waals surface area (Å²) in [4.78, 5) is 34.5. The predicted molar refractivity (Wildman–Crippen MR) is 78.6 cm³/mol. The zero-order valence-electron chi connectivity index (χ0n) is 12.6. The summed E-state index contributed by atoms with van der Waals surface area (Å²) in [7, 11) is 0. The van der Waals surface area contributed by atoms with Gasteiger partial charge in [0.15, 0.2) is 6.61 Å². The Morgan fingerprint density at radius 3 is 2.32 bits per heavy atom. The quantitative estimate of drug-likeness (QED) is 0.464. The minimum atomic E-state index is -0.547. The normalized spacial score (nSPS) is 38.5. The summed E-state index contributed by atoms with van der Waals surface area (Å²) in [5.41, 5.74) is 3.82. The number of nitrogens with one attached hydrogen (secondary N) is 2. The Bertz CT molecular complexity index is 508. The van der Waals surface area contributed by atoms with Crippen LogP contribution in [-0.2, 0) is 19.1 Å². The molecule has 0 aromatic rings. The Morgan fingerprint density at radius 2 is 1.77 bits per heavy atom. The van der Waals surface area contributed by atoms with Crippen LogP contribution in [0.2, 0.25) is 0 Å². The molecule has 0 aromatic heterocycles. The Morgan fingerprint density at radius 1 is 1.14 bits per heavy atom. The monoisotopic (exact) mass is 328 g/mol. The van der Waals surface area contributed by atoms with Gasteiger partial charge in [-0.3, -0.25) is 25.2 Å². The van der Waals surface area contributed by atoms with Gasteiger partial charge < -0.3 is 4.74 Å². The molecule has 4 saturated carbocycles. The van der Waals surface area contributed by atoms with E-state index in [1.54, 1.807) is 0 Å². The summed E-state index contributed by atoms with van der Waals surface area (Å²) in [5, 5.41) is 0. The fraction of sp³-hybridized carbons (Fsp3) is 0.800. The predicted octanol–water partition coefficient (Wildman–Crippen LogP) is 1.27. The van der Waals surface area contributed by atoms with Crippen LogP contribution < -0.4 is 10.9 Å². The first-order valence-electron chi connectivity index (χ1n) is 7.72. The number of alkyl halides is 1. The SMILES string of the molecule is CC(=O)NNC(=O)COC(=O)C12C[C@@H]3C[C@H](CC(Cl)(C3)C1)C2. The number of esters is 1.